The fourth-order valence-corrected chi connectivity index (χ4v) is 2.65. The van der Waals surface area contributed by atoms with E-state index in [9.17, 15) is 13.2 Å². The van der Waals surface area contributed by atoms with E-state index in [1.54, 1.807) is 13.0 Å². The van der Waals surface area contributed by atoms with Crippen molar-refractivity contribution in [3.8, 4) is 5.69 Å². The average molecular weight is 387 g/mol. The number of aromatic nitrogens is 3. The summed E-state index contributed by atoms with van der Waals surface area (Å²) in [6.45, 7) is 1.73. The highest BCUT2D eigenvalue weighted by molar-refractivity contribution is 6.36. The largest absolute Gasteiger partial charge is 0.416 e. The monoisotopic (exact) mass is 386 g/mol. The van der Waals surface area contributed by atoms with Crippen LogP contribution in [0.4, 0.5) is 24.8 Å². The van der Waals surface area contributed by atoms with E-state index in [0.717, 1.165) is 12.1 Å². The van der Waals surface area contributed by atoms with Crippen molar-refractivity contribution >= 4 is 34.8 Å². The molecule has 0 aliphatic rings. The Balaban J connectivity index is 2.02. The molecule has 2 heterocycles. The fraction of sp³-hybridized carbons (Fsp3) is 0.125. The molecule has 2 aromatic heterocycles. The predicted molar refractivity (Wildman–Crippen MR) is 90.8 cm³/mol. The third-order valence-electron chi connectivity index (χ3n) is 3.30. The number of nitrogens with one attached hydrogen (secondary N) is 1. The van der Waals surface area contributed by atoms with Gasteiger partial charge in [0.05, 0.1) is 27.0 Å². The lowest BCUT2D eigenvalue weighted by Gasteiger charge is -2.12. The van der Waals surface area contributed by atoms with E-state index < -0.39 is 11.7 Å². The smallest absolute Gasteiger partial charge is 0.324 e. The van der Waals surface area contributed by atoms with E-state index >= 15 is 0 Å². The zero-order valence-corrected chi connectivity index (χ0v) is 14.3. The zero-order valence-electron chi connectivity index (χ0n) is 12.8. The third kappa shape index (κ3) is 3.88. The SMILES string of the molecule is Cc1cc(Nc2ncc(Cl)cc2Cl)n(-c2cccc(C(F)(F)F)c2)n1. The summed E-state index contributed by atoms with van der Waals surface area (Å²) in [5.74, 6) is 0.743. The number of hydrogen-bond acceptors (Lipinski definition) is 3. The second-order valence-electron chi connectivity index (χ2n) is 5.24. The number of hydrogen-bond donors (Lipinski definition) is 1. The summed E-state index contributed by atoms with van der Waals surface area (Å²) in [4.78, 5) is 4.08. The van der Waals surface area contributed by atoms with Crippen molar-refractivity contribution in [3.63, 3.8) is 0 Å². The first-order valence-corrected chi connectivity index (χ1v) is 7.82. The number of nitrogens with zero attached hydrogens (tertiary/aromatic N) is 3. The van der Waals surface area contributed by atoms with Crippen LogP contribution in [0.15, 0.2) is 42.6 Å². The lowest BCUT2D eigenvalue weighted by Crippen LogP contribution is -2.08. The fourth-order valence-electron chi connectivity index (χ4n) is 2.23. The summed E-state index contributed by atoms with van der Waals surface area (Å²) < 4.78 is 40.2. The number of alkyl halides is 3. The molecule has 9 heteroatoms. The van der Waals surface area contributed by atoms with Crippen LogP contribution in [0.3, 0.4) is 0 Å². The number of halogens is 5. The van der Waals surface area contributed by atoms with Crippen molar-refractivity contribution in [2.24, 2.45) is 0 Å². The minimum Gasteiger partial charge on any atom is -0.324 e. The second-order valence-corrected chi connectivity index (χ2v) is 6.08. The molecule has 130 valence electrons. The highest BCUT2D eigenvalue weighted by Crippen LogP contribution is 2.32. The summed E-state index contributed by atoms with van der Waals surface area (Å²) in [5, 5.41) is 7.85. The topological polar surface area (TPSA) is 42.7 Å². The standard InChI is InChI=1S/C16H11Cl2F3N4/c1-9-5-14(23-15-13(18)7-11(17)8-22-15)25(24-9)12-4-2-3-10(6-12)16(19,20)21/h2-8H,1H3,(H,22,23). The lowest BCUT2D eigenvalue weighted by molar-refractivity contribution is -0.137. The molecule has 1 aromatic carbocycles. The van der Waals surface area contributed by atoms with Gasteiger partial charge in [-0.25, -0.2) is 9.67 Å². The maximum absolute atomic E-state index is 12.9. The van der Waals surface area contributed by atoms with Crippen LogP contribution >= 0.6 is 23.2 Å². The molecule has 0 saturated carbocycles. The average Bonchev–Trinajstić information content (AvgIpc) is 2.90. The van der Waals surface area contributed by atoms with Gasteiger partial charge in [0.25, 0.3) is 0 Å². The van der Waals surface area contributed by atoms with Gasteiger partial charge in [-0.2, -0.15) is 18.3 Å². The maximum atomic E-state index is 12.9. The molecule has 3 rings (SSSR count). The highest BCUT2D eigenvalue weighted by Gasteiger charge is 2.30. The summed E-state index contributed by atoms with van der Waals surface area (Å²) in [6.07, 6.45) is -3.03. The number of pyridine rings is 1. The molecule has 0 aliphatic carbocycles. The molecule has 0 spiro atoms. The number of aryl methyl sites for hydroxylation is 1. The number of rotatable bonds is 3. The van der Waals surface area contributed by atoms with E-state index in [4.69, 9.17) is 23.2 Å². The van der Waals surface area contributed by atoms with E-state index in [0.29, 0.717) is 22.4 Å². The molecule has 0 fully saturated rings. The second kappa shape index (κ2) is 6.57. The number of benzene rings is 1. The van der Waals surface area contributed by atoms with Gasteiger partial charge < -0.3 is 5.32 Å². The Labute approximate surface area is 151 Å². The van der Waals surface area contributed by atoms with Crippen LogP contribution in [-0.4, -0.2) is 14.8 Å². The van der Waals surface area contributed by atoms with Crippen molar-refractivity contribution in [1.82, 2.24) is 14.8 Å². The number of anilines is 2. The molecule has 0 bridgehead atoms. The third-order valence-corrected chi connectivity index (χ3v) is 3.80. The van der Waals surface area contributed by atoms with Crippen LogP contribution in [0.1, 0.15) is 11.3 Å². The van der Waals surface area contributed by atoms with Gasteiger partial charge in [-0.1, -0.05) is 29.3 Å². The van der Waals surface area contributed by atoms with Crippen LogP contribution in [-0.2, 0) is 6.18 Å². The van der Waals surface area contributed by atoms with Gasteiger partial charge in [-0.3, -0.25) is 0 Å². The molecule has 0 radical (unpaired) electrons. The van der Waals surface area contributed by atoms with Gasteiger partial charge in [0, 0.05) is 12.3 Å². The molecular formula is C16H11Cl2F3N4. The van der Waals surface area contributed by atoms with E-state index in [1.807, 2.05) is 0 Å². The van der Waals surface area contributed by atoms with Gasteiger partial charge in [-0.05, 0) is 31.2 Å². The lowest BCUT2D eigenvalue weighted by atomic mass is 10.2. The first-order valence-electron chi connectivity index (χ1n) is 7.06. The highest BCUT2D eigenvalue weighted by atomic mass is 35.5. The van der Waals surface area contributed by atoms with E-state index in [1.165, 1.54) is 29.1 Å². The van der Waals surface area contributed by atoms with Crippen molar-refractivity contribution in [2.45, 2.75) is 13.1 Å². The molecule has 0 saturated heterocycles. The maximum Gasteiger partial charge on any atom is 0.416 e. The van der Waals surface area contributed by atoms with Gasteiger partial charge in [0.15, 0.2) is 0 Å². The van der Waals surface area contributed by atoms with Crippen molar-refractivity contribution < 1.29 is 13.2 Å². The first-order chi connectivity index (χ1) is 11.7. The van der Waals surface area contributed by atoms with Crippen molar-refractivity contribution in [1.29, 1.82) is 0 Å². The molecule has 25 heavy (non-hydrogen) atoms. The van der Waals surface area contributed by atoms with Crippen LogP contribution in [0.2, 0.25) is 10.0 Å². The zero-order chi connectivity index (χ0) is 18.2. The quantitative estimate of drug-likeness (QED) is 0.632. The Morgan fingerprint density at radius 2 is 1.88 bits per heavy atom. The summed E-state index contributed by atoms with van der Waals surface area (Å²) >= 11 is 11.9. The van der Waals surface area contributed by atoms with Crippen molar-refractivity contribution in [3.05, 3.63) is 63.9 Å². The summed E-state index contributed by atoms with van der Waals surface area (Å²) in [7, 11) is 0. The van der Waals surface area contributed by atoms with Gasteiger partial charge in [0.2, 0.25) is 0 Å². The minimum absolute atomic E-state index is 0.260. The van der Waals surface area contributed by atoms with Crippen LogP contribution in [0.5, 0.6) is 0 Å². The molecule has 0 atom stereocenters. The normalized spacial score (nSPS) is 11.6. The Bertz CT molecular complexity index is 922. The minimum atomic E-state index is -4.44. The summed E-state index contributed by atoms with van der Waals surface area (Å²) in [6, 6.07) is 8.07. The first kappa shape index (κ1) is 17.6. The molecular weight excluding hydrogens is 376 g/mol. The van der Waals surface area contributed by atoms with E-state index in [2.05, 4.69) is 15.4 Å². The predicted octanol–water partition coefficient (Wildman–Crippen LogP) is 5.64. The van der Waals surface area contributed by atoms with Crippen molar-refractivity contribution in [2.75, 3.05) is 5.32 Å². The van der Waals surface area contributed by atoms with Crippen LogP contribution in [0, 0.1) is 6.92 Å². The molecule has 4 nitrogen and oxygen atoms in total. The molecule has 0 amide bonds. The Hall–Kier alpha value is -2.25. The van der Waals surface area contributed by atoms with E-state index in [-0.39, 0.29) is 10.7 Å². The van der Waals surface area contributed by atoms with Gasteiger partial charge in [0.1, 0.15) is 11.6 Å². The van der Waals surface area contributed by atoms with Gasteiger partial charge >= 0.3 is 6.18 Å². The van der Waals surface area contributed by atoms with Crippen LogP contribution < -0.4 is 5.32 Å². The molecule has 0 aliphatic heterocycles. The Kier molecular flexibility index (Phi) is 4.62. The summed E-state index contributed by atoms with van der Waals surface area (Å²) in [5.41, 5.74) is 0.118. The molecule has 1 N–H and O–H groups in total. The molecule has 0 unspecified atom stereocenters. The molecule has 3 aromatic rings. The van der Waals surface area contributed by atoms with Crippen LogP contribution in [0.25, 0.3) is 5.69 Å². The van der Waals surface area contributed by atoms with Gasteiger partial charge in [-0.15, -0.1) is 0 Å². The Morgan fingerprint density at radius 3 is 2.56 bits per heavy atom. The Morgan fingerprint density at radius 1 is 1.12 bits per heavy atom.